The predicted octanol–water partition coefficient (Wildman–Crippen LogP) is 0.258. The van der Waals surface area contributed by atoms with Gasteiger partial charge in [-0.3, -0.25) is 14.7 Å². The average Bonchev–Trinajstić information content (AvgIpc) is 2.45. The first-order valence-electron chi connectivity index (χ1n) is 5.93. The van der Waals surface area contributed by atoms with Crippen LogP contribution >= 0.6 is 0 Å². The number of rotatable bonds is 2. The highest BCUT2D eigenvalue weighted by atomic mass is 16.2. The second-order valence-corrected chi connectivity index (χ2v) is 5.23. The summed E-state index contributed by atoms with van der Waals surface area (Å²) < 4.78 is 0. The first-order chi connectivity index (χ1) is 7.98. The lowest BCUT2D eigenvalue weighted by atomic mass is 9.80. The lowest BCUT2D eigenvalue weighted by molar-refractivity contribution is -0.142. The number of nitrogens with one attached hydrogen (secondary N) is 1. The van der Waals surface area contributed by atoms with Gasteiger partial charge in [0.15, 0.2) is 0 Å². The molecule has 2 fully saturated rings. The fourth-order valence-corrected chi connectivity index (χ4v) is 2.39. The Hall–Kier alpha value is -1.36. The van der Waals surface area contributed by atoms with Crippen LogP contribution in [0.5, 0.6) is 0 Å². The van der Waals surface area contributed by atoms with Crippen molar-refractivity contribution in [3.8, 4) is 0 Å². The molecule has 0 saturated carbocycles. The van der Waals surface area contributed by atoms with Gasteiger partial charge in [0.2, 0.25) is 5.91 Å². The zero-order valence-corrected chi connectivity index (χ0v) is 10.6. The van der Waals surface area contributed by atoms with Gasteiger partial charge in [0.25, 0.3) is 0 Å². The first kappa shape index (κ1) is 12.1. The number of hydrazone groups is 1. The Morgan fingerprint density at radius 2 is 2.18 bits per heavy atom. The highest BCUT2D eigenvalue weighted by molar-refractivity contribution is 5.89. The number of carbonyl (C=O) groups is 1. The Morgan fingerprint density at radius 1 is 1.47 bits per heavy atom. The number of carbonyl (C=O) groups excluding carboxylic acids is 1. The number of hydrogen-bond donors (Lipinski definition) is 1. The van der Waals surface area contributed by atoms with E-state index in [1.165, 1.54) is 0 Å². The third kappa shape index (κ3) is 1.95. The minimum Gasteiger partial charge on any atom is -0.354 e. The largest absolute Gasteiger partial charge is 0.354 e. The van der Waals surface area contributed by atoms with E-state index in [2.05, 4.69) is 42.5 Å². The molecule has 0 aromatic carbocycles. The van der Waals surface area contributed by atoms with E-state index in [9.17, 15) is 4.79 Å². The summed E-state index contributed by atoms with van der Waals surface area (Å²) in [4.78, 5) is 14.1. The summed E-state index contributed by atoms with van der Waals surface area (Å²) in [5.41, 5.74) is 0.565. The standard InChI is InChI=1S/C12H20N4O/c1-9(2)15-5-10(3)16(13-4)8-12(7-15)6-14-11(12)17/h9H,3-8H2,1-2H3,(H,14,17). The summed E-state index contributed by atoms with van der Waals surface area (Å²) >= 11 is 0. The molecule has 17 heavy (non-hydrogen) atoms. The maximum absolute atomic E-state index is 11.8. The van der Waals surface area contributed by atoms with Crippen LogP contribution in [-0.2, 0) is 4.79 Å². The normalized spacial score (nSPS) is 30.2. The lowest BCUT2D eigenvalue weighted by Gasteiger charge is -2.43. The molecular weight excluding hydrogens is 216 g/mol. The van der Waals surface area contributed by atoms with Crippen LogP contribution in [0.2, 0.25) is 0 Å². The van der Waals surface area contributed by atoms with E-state index in [-0.39, 0.29) is 11.3 Å². The number of β-lactam (4-membered cyclic amide) rings is 1. The maximum Gasteiger partial charge on any atom is 0.231 e. The molecule has 0 radical (unpaired) electrons. The molecule has 94 valence electrons. The van der Waals surface area contributed by atoms with Gasteiger partial charge >= 0.3 is 0 Å². The van der Waals surface area contributed by atoms with E-state index >= 15 is 0 Å². The van der Waals surface area contributed by atoms with Crippen molar-refractivity contribution >= 4 is 12.6 Å². The highest BCUT2D eigenvalue weighted by Crippen LogP contribution is 2.32. The molecule has 1 amide bonds. The summed E-state index contributed by atoms with van der Waals surface area (Å²) in [6.07, 6.45) is 0. The Morgan fingerprint density at radius 3 is 2.59 bits per heavy atom. The SMILES string of the molecule is C=NN1CC2(CNC2=O)CN(C(C)C)CC1=C. The number of amides is 1. The molecule has 1 N–H and O–H groups in total. The third-order valence-corrected chi connectivity index (χ3v) is 3.68. The fourth-order valence-electron chi connectivity index (χ4n) is 2.39. The smallest absolute Gasteiger partial charge is 0.231 e. The molecule has 2 rings (SSSR count). The zero-order chi connectivity index (χ0) is 12.6. The topological polar surface area (TPSA) is 47.9 Å². The van der Waals surface area contributed by atoms with Crippen molar-refractivity contribution in [2.45, 2.75) is 19.9 Å². The van der Waals surface area contributed by atoms with Gasteiger partial charge in [-0.1, -0.05) is 6.58 Å². The van der Waals surface area contributed by atoms with Crippen LogP contribution in [0.4, 0.5) is 0 Å². The van der Waals surface area contributed by atoms with Crippen molar-refractivity contribution in [1.29, 1.82) is 0 Å². The summed E-state index contributed by atoms with van der Waals surface area (Å²) in [6.45, 7) is 14.7. The summed E-state index contributed by atoms with van der Waals surface area (Å²) in [5.74, 6) is 0.117. The van der Waals surface area contributed by atoms with Crippen LogP contribution in [-0.4, -0.2) is 54.8 Å². The molecule has 0 aromatic rings. The van der Waals surface area contributed by atoms with E-state index in [0.717, 1.165) is 18.8 Å². The molecule has 1 atom stereocenters. The van der Waals surface area contributed by atoms with Crippen LogP contribution < -0.4 is 5.32 Å². The summed E-state index contributed by atoms with van der Waals surface area (Å²) in [6, 6.07) is 0.391. The van der Waals surface area contributed by atoms with Gasteiger partial charge in [0.1, 0.15) is 0 Å². The van der Waals surface area contributed by atoms with Crippen molar-refractivity contribution in [1.82, 2.24) is 15.2 Å². The molecule has 0 bridgehead atoms. The van der Waals surface area contributed by atoms with Gasteiger partial charge in [-0.15, -0.1) is 0 Å². The van der Waals surface area contributed by atoms with Gasteiger partial charge in [-0.05, 0) is 13.8 Å². The first-order valence-corrected chi connectivity index (χ1v) is 5.93. The van der Waals surface area contributed by atoms with Crippen LogP contribution in [0.3, 0.4) is 0 Å². The molecule has 2 saturated heterocycles. The second-order valence-electron chi connectivity index (χ2n) is 5.23. The van der Waals surface area contributed by atoms with Gasteiger partial charge < -0.3 is 5.32 Å². The Bertz CT molecular complexity index is 366. The molecule has 2 aliphatic rings. The monoisotopic (exact) mass is 236 g/mol. The molecule has 2 heterocycles. The van der Waals surface area contributed by atoms with Gasteiger partial charge in [0, 0.05) is 38.1 Å². The maximum atomic E-state index is 11.8. The molecule has 5 heteroatoms. The van der Waals surface area contributed by atoms with E-state index in [1.54, 1.807) is 5.01 Å². The molecular formula is C12H20N4O. The van der Waals surface area contributed by atoms with Crippen LogP contribution in [0.25, 0.3) is 0 Å². The van der Waals surface area contributed by atoms with E-state index in [1.807, 2.05) is 0 Å². The van der Waals surface area contributed by atoms with Crippen molar-refractivity contribution in [3.05, 3.63) is 12.3 Å². The van der Waals surface area contributed by atoms with Crippen LogP contribution in [0.15, 0.2) is 17.4 Å². The minimum absolute atomic E-state index is 0.117. The van der Waals surface area contributed by atoms with Crippen molar-refractivity contribution in [2.75, 3.05) is 26.2 Å². The van der Waals surface area contributed by atoms with Crippen molar-refractivity contribution < 1.29 is 4.79 Å². The van der Waals surface area contributed by atoms with Gasteiger partial charge in [-0.2, -0.15) is 5.10 Å². The molecule has 1 unspecified atom stereocenters. The highest BCUT2D eigenvalue weighted by Gasteiger charge is 2.50. The van der Waals surface area contributed by atoms with E-state index in [0.29, 0.717) is 19.1 Å². The van der Waals surface area contributed by atoms with E-state index in [4.69, 9.17) is 0 Å². The molecule has 1 spiro atoms. The lowest BCUT2D eigenvalue weighted by Crippen LogP contribution is -2.66. The van der Waals surface area contributed by atoms with E-state index < -0.39 is 0 Å². The van der Waals surface area contributed by atoms with Gasteiger partial charge in [-0.25, -0.2) is 0 Å². The molecule has 2 aliphatic heterocycles. The number of hydrogen-bond acceptors (Lipinski definition) is 4. The summed E-state index contributed by atoms with van der Waals surface area (Å²) in [7, 11) is 0. The quantitative estimate of drug-likeness (QED) is 0.552. The predicted molar refractivity (Wildman–Crippen MR) is 67.5 cm³/mol. The minimum atomic E-state index is -0.342. The van der Waals surface area contributed by atoms with Crippen LogP contribution in [0, 0.1) is 5.41 Å². The van der Waals surface area contributed by atoms with Crippen LogP contribution in [0.1, 0.15) is 13.8 Å². The fraction of sp³-hybridized carbons (Fsp3) is 0.667. The Kier molecular flexibility index (Phi) is 2.95. The zero-order valence-electron chi connectivity index (χ0n) is 10.6. The second kappa shape index (κ2) is 4.14. The average molecular weight is 236 g/mol. The van der Waals surface area contributed by atoms with Crippen molar-refractivity contribution in [3.63, 3.8) is 0 Å². The van der Waals surface area contributed by atoms with Crippen molar-refractivity contribution in [2.24, 2.45) is 10.5 Å². The molecule has 0 aromatic heterocycles. The Labute approximate surface area is 102 Å². The van der Waals surface area contributed by atoms with Gasteiger partial charge in [0.05, 0.1) is 12.0 Å². The molecule has 5 nitrogen and oxygen atoms in total. The third-order valence-electron chi connectivity index (χ3n) is 3.68. The number of nitrogens with zero attached hydrogens (tertiary/aromatic N) is 3. The summed E-state index contributed by atoms with van der Waals surface area (Å²) in [5, 5.41) is 8.57. The molecule has 0 aliphatic carbocycles. The Balaban J connectivity index is 2.26.